The topological polar surface area (TPSA) is 82.2 Å². The third-order valence-electron chi connectivity index (χ3n) is 2.15. The molecule has 1 fully saturated rings. The Labute approximate surface area is 81.4 Å². The molecule has 0 radical (unpaired) electrons. The second-order valence-electron chi connectivity index (χ2n) is 2.81. The largest absolute Gasteiger partial charge is 0.376 e. The van der Waals surface area contributed by atoms with Crippen LogP contribution in [0.15, 0.2) is 0 Å². The number of amides is 2. The van der Waals surface area contributed by atoms with Crippen LogP contribution in [0.4, 0.5) is 4.79 Å². The second-order valence-corrected chi connectivity index (χ2v) is 2.81. The van der Waals surface area contributed by atoms with E-state index >= 15 is 0 Å². The molecular weight excluding hydrogens is 192 g/mol. The number of aliphatic hydroxyl groups is 2. The molecule has 0 spiro atoms. The number of hydrogen-bond donors (Lipinski definition) is 2. The molecule has 0 aliphatic carbocycles. The first-order chi connectivity index (χ1) is 6.65. The van der Waals surface area contributed by atoms with E-state index in [1.807, 2.05) is 0 Å². The summed E-state index contributed by atoms with van der Waals surface area (Å²) < 4.78 is 9.93. The summed E-state index contributed by atoms with van der Waals surface area (Å²) in [6.07, 6.45) is 0. The fourth-order valence-electron chi connectivity index (χ4n) is 1.15. The van der Waals surface area contributed by atoms with Gasteiger partial charge in [-0.15, -0.1) is 0 Å². The number of methoxy groups -OCH3 is 2. The minimum absolute atomic E-state index is 0.287. The highest BCUT2D eigenvalue weighted by Gasteiger charge is 2.58. The van der Waals surface area contributed by atoms with Gasteiger partial charge in [0.15, 0.2) is 0 Å². The summed E-state index contributed by atoms with van der Waals surface area (Å²) in [7, 11) is 2.83. The van der Waals surface area contributed by atoms with E-state index in [1.165, 1.54) is 19.1 Å². The normalized spacial score (nSPS) is 18.1. The first-order valence-electron chi connectivity index (χ1n) is 4.03. The molecule has 1 aliphatic rings. The molecule has 1 heterocycles. The summed E-state index contributed by atoms with van der Waals surface area (Å²) in [4.78, 5) is 13.6. The average Bonchev–Trinajstić information content (AvgIpc) is 2.95. The zero-order valence-electron chi connectivity index (χ0n) is 8.13. The summed E-state index contributed by atoms with van der Waals surface area (Å²) in [6.45, 7) is -0.806. The molecule has 82 valence electrons. The molecule has 2 N–H and O–H groups in total. The lowest BCUT2D eigenvalue weighted by Gasteiger charge is -2.20. The zero-order valence-corrected chi connectivity index (χ0v) is 8.13. The number of carbonyl (C=O) groups excluding carboxylic acids is 1. The van der Waals surface area contributed by atoms with Crippen molar-refractivity contribution in [2.24, 2.45) is 0 Å². The Morgan fingerprint density at radius 1 is 1.43 bits per heavy atom. The minimum atomic E-state index is -1.03. The quantitative estimate of drug-likeness (QED) is 0.435. The number of hydrogen-bond acceptors (Lipinski definition) is 5. The van der Waals surface area contributed by atoms with Gasteiger partial charge in [0, 0.05) is 14.2 Å². The third kappa shape index (κ3) is 1.67. The van der Waals surface area contributed by atoms with Gasteiger partial charge in [-0.1, -0.05) is 0 Å². The SMILES string of the molecule is COC1(OC)CN1C(=O)N(CO)CO. The Balaban J connectivity index is 2.57. The van der Waals surface area contributed by atoms with E-state index in [-0.39, 0.29) is 6.54 Å². The van der Waals surface area contributed by atoms with Gasteiger partial charge >= 0.3 is 6.03 Å². The van der Waals surface area contributed by atoms with Gasteiger partial charge in [0.2, 0.25) is 0 Å². The monoisotopic (exact) mass is 206 g/mol. The van der Waals surface area contributed by atoms with Crippen molar-refractivity contribution in [2.75, 3.05) is 34.2 Å². The summed E-state index contributed by atoms with van der Waals surface area (Å²) in [6, 6.07) is -0.529. The molecule has 0 bridgehead atoms. The van der Waals surface area contributed by atoms with Gasteiger partial charge in [-0.25, -0.2) is 4.79 Å². The van der Waals surface area contributed by atoms with Crippen LogP contribution in [0.5, 0.6) is 0 Å². The number of carbonyl (C=O) groups is 1. The van der Waals surface area contributed by atoms with E-state index in [1.54, 1.807) is 0 Å². The van der Waals surface area contributed by atoms with Crippen LogP contribution in [0.1, 0.15) is 0 Å². The lowest BCUT2D eigenvalue weighted by Crippen LogP contribution is -2.39. The molecule has 2 amide bonds. The first-order valence-corrected chi connectivity index (χ1v) is 4.03. The van der Waals surface area contributed by atoms with Crippen LogP contribution in [0.2, 0.25) is 0 Å². The number of rotatable bonds is 4. The number of nitrogens with zero attached hydrogens (tertiary/aromatic N) is 2. The van der Waals surface area contributed by atoms with Crippen molar-refractivity contribution >= 4 is 6.03 Å². The fraction of sp³-hybridized carbons (Fsp3) is 0.857. The van der Waals surface area contributed by atoms with Crippen LogP contribution in [-0.2, 0) is 9.47 Å². The molecule has 0 aromatic heterocycles. The summed E-state index contributed by atoms with van der Waals surface area (Å²) in [5, 5.41) is 17.5. The fourth-order valence-corrected chi connectivity index (χ4v) is 1.15. The average molecular weight is 206 g/mol. The molecule has 1 aliphatic heterocycles. The van der Waals surface area contributed by atoms with Gasteiger partial charge in [-0.3, -0.25) is 9.80 Å². The Kier molecular flexibility index (Phi) is 3.27. The highest BCUT2D eigenvalue weighted by molar-refractivity contribution is 5.77. The number of urea groups is 1. The van der Waals surface area contributed by atoms with Gasteiger partial charge in [-0.2, -0.15) is 0 Å². The van der Waals surface area contributed by atoms with Crippen molar-refractivity contribution in [2.45, 2.75) is 5.91 Å². The maximum atomic E-state index is 11.5. The summed E-state index contributed by atoms with van der Waals surface area (Å²) in [5.74, 6) is -1.03. The Hall–Kier alpha value is -0.890. The van der Waals surface area contributed by atoms with Crippen molar-refractivity contribution in [1.82, 2.24) is 9.80 Å². The summed E-state index contributed by atoms with van der Waals surface area (Å²) in [5.41, 5.74) is 0. The van der Waals surface area contributed by atoms with Gasteiger partial charge in [0.05, 0.1) is 0 Å². The van der Waals surface area contributed by atoms with Crippen molar-refractivity contribution in [3.63, 3.8) is 0 Å². The summed E-state index contributed by atoms with van der Waals surface area (Å²) >= 11 is 0. The van der Waals surface area contributed by atoms with Gasteiger partial charge in [-0.05, 0) is 0 Å². The predicted octanol–water partition coefficient (Wildman–Crippen LogP) is -1.43. The van der Waals surface area contributed by atoms with Crippen molar-refractivity contribution < 1.29 is 24.5 Å². The molecular formula is C7H14N2O5. The Bertz CT molecular complexity index is 214. The highest BCUT2D eigenvalue weighted by atomic mass is 16.7. The van der Waals surface area contributed by atoms with Crippen LogP contribution < -0.4 is 0 Å². The molecule has 7 nitrogen and oxygen atoms in total. The van der Waals surface area contributed by atoms with Crippen molar-refractivity contribution in [3.8, 4) is 0 Å². The van der Waals surface area contributed by atoms with Crippen LogP contribution in [0.25, 0.3) is 0 Å². The van der Waals surface area contributed by atoms with Crippen molar-refractivity contribution in [1.29, 1.82) is 0 Å². The molecule has 0 saturated carbocycles. The molecule has 1 rings (SSSR count). The zero-order chi connectivity index (χ0) is 10.8. The standard InChI is InChI=1S/C7H14N2O5/c1-13-7(14-2)3-9(7)6(12)8(4-10)5-11/h10-11H,3-5H2,1-2H3. The second kappa shape index (κ2) is 4.09. The van der Waals surface area contributed by atoms with Crippen LogP contribution in [0.3, 0.4) is 0 Å². The highest BCUT2D eigenvalue weighted by Crippen LogP contribution is 2.34. The predicted molar refractivity (Wildman–Crippen MR) is 44.9 cm³/mol. The maximum absolute atomic E-state index is 11.5. The third-order valence-corrected chi connectivity index (χ3v) is 2.15. The number of ether oxygens (including phenoxy) is 2. The first kappa shape index (κ1) is 11.2. The molecule has 0 aromatic carbocycles. The molecule has 0 unspecified atom stereocenters. The Morgan fingerprint density at radius 2 is 1.93 bits per heavy atom. The molecule has 0 atom stereocenters. The lowest BCUT2D eigenvalue weighted by atomic mass is 10.7. The van der Waals surface area contributed by atoms with Crippen LogP contribution in [0, 0.1) is 0 Å². The molecule has 7 heteroatoms. The maximum Gasteiger partial charge on any atom is 0.328 e. The molecule has 0 aromatic rings. The van der Waals surface area contributed by atoms with Crippen molar-refractivity contribution in [3.05, 3.63) is 0 Å². The molecule has 14 heavy (non-hydrogen) atoms. The van der Waals surface area contributed by atoms with Crippen LogP contribution >= 0.6 is 0 Å². The van der Waals surface area contributed by atoms with E-state index in [9.17, 15) is 4.79 Å². The smallest absolute Gasteiger partial charge is 0.328 e. The Morgan fingerprint density at radius 3 is 2.21 bits per heavy atom. The van der Waals surface area contributed by atoms with Crippen LogP contribution in [-0.4, -0.2) is 66.2 Å². The van der Waals surface area contributed by atoms with E-state index in [0.29, 0.717) is 0 Å². The van der Waals surface area contributed by atoms with E-state index in [2.05, 4.69) is 0 Å². The lowest BCUT2D eigenvalue weighted by molar-refractivity contribution is -0.157. The minimum Gasteiger partial charge on any atom is -0.376 e. The number of aliphatic hydroxyl groups excluding tert-OH is 2. The van der Waals surface area contributed by atoms with Gasteiger partial charge in [0.25, 0.3) is 5.91 Å². The van der Waals surface area contributed by atoms with Gasteiger partial charge < -0.3 is 19.7 Å². The molecule has 1 saturated heterocycles. The van der Waals surface area contributed by atoms with E-state index < -0.39 is 25.4 Å². The van der Waals surface area contributed by atoms with E-state index in [4.69, 9.17) is 19.7 Å². The van der Waals surface area contributed by atoms with Gasteiger partial charge in [0.1, 0.15) is 20.0 Å². The van der Waals surface area contributed by atoms with E-state index in [0.717, 1.165) is 4.90 Å².